The number of rotatable bonds is 7. The molecule has 0 aliphatic carbocycles. The molecule has 0 unspecified atom stereocenters. The third kappa shape index (κ3) is 4.35. The Morgan fingerprint density at radius 1 is 1.33 bits per heavy atom. The Labute approximate surface area is 109 Å². The van der Waals surface area contributed by atoms with Crippen molar-refractivity contribution in [2.24, 2.45) is 0 Å². The predicted octanol–water partition coefficient (Wildman–Crippen LogP) is 2.74. The van der Waals surface area contributed by atoms with Gasteiger partial charge in [0.1, 0.15) is 0 Å². The first kappa shape index (κ1) is 14.5. The molecule has 0 radical (unpaired) electrons. The molecule has 1 heterocycles. The maximum absolute atomic E-state index is 12.0. The Bertz CT molecular complexity index is 391. The molecular weight excluding hydrogens is 226 g/mol. The van der Waals surface area contributed by atoms with E-state index in [1.165, 1.54) is 0 Å². The zero-order valence-electron chi connectivity index (χ0n) is 11.5. The van der Waals surface area contributed by atoms with Gasteiger partial charge in [0.15, 0.2) is 0 Å². The van der Waals surface area contributed by atoms with E-state index < -0.39 is 0 Å². The highest BCUT2D eigenvalue weighted by Gasteiger charge is 2.11. The molecule has 0 bridgehead atoms. The number of pyridine rings is 1. The second kappa shape index (κ2) is 7.69. The van der Waals surface area contributed by atoms with Gasteiger partial charge in [-0.05, 0) is 26.3 Å². The van der Waals surface area contributed by atoms with Crippen LogP contribution in [-0.2, 0) is 0 Å². The first-order valence-electron chi connectivity index (χ1n) is 6.67. The Kier molecular flexibility index (Phi) is 6.19. The molecule has 0 spiro atoms. The normalized spacial score (nSPS) is 10.2. The number of hydrogen-bond donors (Lipinski definition) is 2. The van der Waals surface area contributed by atoms with Crippen molar-refractivity contribution in [2.75, 3.05) is 18.4 Å². The molecule has 0 fully saturated rings. The quantitative estimate of drug-likeness (QED) is 0.731. The number of nitrogens with one attached hydrogen (secondary N) is 2. The van der Waals surface area contributed by atoms with Gasteiger partial charge >= 0.3 is 0 Å². The highest BCUT2D eigenvalue weighted by molar-refractivity contribution is 5.99. The lowest BCUT2D eigenvalue weighted by atomic mass is 10.2. The number of nitrogens with zero attached hydrogens (tertiary/aromatic N) is 1. The van der Waals surface area contributed by atoms with Crippen LogP contribution in [0.25, 0.3) is 0 Å². The maximum atomic E-state index is 12.0. The Hall–Kier alpha value is -1.58. The van der Waals surface area contributed by atoms with E-state index in [0.29, 0.717) is 5.56 Å². The molecule has 4 heteroatoms. The SMILES string of the molecule is CCCCCNC(=O)c1cnc(C)cc1NCC. The van der Waals surface area contributed by atoms with Crippen molar-refractivity contribution in [1.29, 1.82) is 0 Å². The molecule has 1 aromatic rings. The largest absolute Gasteiger partial charge is 0.385 e. The van der Waals surface area contributed by atoms with Gasteiger partial charge in [0, 0.05) is 25.0 Å². The summed E-state index contributed by atoms with van der Waals surface area (Å²) in [4.78, 5) is 16.2. The van der Waals surface area contributed by atoms with Crippen LogP contribution in [0.3, 0.4) is 0 Å². The van der Waals surface area contributed by atoms with Gasteiger partial charge < -0.3 is 10.6 Å². The molecule has 18 heavy (non-hydrogen) atoms. The van der Waals surface area contributed by atoms with E-state index >= 15 is 0 Å². The summed E-state index contributed by atoms with van der Waals surface area (Å²) in [6, 6.07) is 1.91. The molecule has 100 valence electrons. The highest BCUT2D eigenvalue weighted by atomic mass is 16.1. The summed E-state index contributed by atoms with van der Waals surface area (Å²) < 4.78 is 0. The lowest BCUT2D eigenvalue weighted by Gasteiger charge is -2.11. The Morgan fingerprint density at radius 3 is 2.78 bits per heavy atom. The minimum Gasteiger partial charge on any atom is -0.385 e. The fraction of sp³-hybridized carbons (Fsp3) is 0.571. The number of unbranched alkanes of at least 4 members (excludes halogenated alkanes) is 2. The Balaban J connectivity index is 2.66. The fourth-order valence-electron chi connectivity index (χ4n) is 1.75. The van der Waals surface area contributed by atoms with Crippen LogP contribution in [0.5, 0.6) is 0 Å². The van der Waals surface area contributed by atoms with Crippen molar-refractivity contribution in [1.82, 2.24) is 10.3 Å². The molecule has 1 aromatic heterocycles. The molecule has 4 nitrogen and oxygen atoms in total. The summed E-state index contributed by atoms with van der Waals surface area (Å²) in [5.74, 6) is -0.0467. The molecule has 0 saturated heterocycles. The Morgan fingerprint density at radius 2 is 2.11 bits per heavy atom. The summed E-state index contributed by atoms with van der Waals surface area (Å²) in [5, 5.41) is 6.13. The molecule has 2 N–H and O–H groups in total. The number of carbonyl (C=O) groups excluding carboxylic acids is 1. The lowest BCUT2D eigenvalue weighted by molar-refractivity contribution is 0.0953. The smallest absolute Gasteiger partial charge is 0.254 e. The number of aromatic nitrogens is 1. The van der Waals surface area contributed by atoms with E-state index in [0.717, 1.165) is 43.7 Å². The summed E-state index contributed by atoms with van der Waals surface area (Å²) in [6.45, 7) is 7.60. The van der Waals surface area contributed by atoms with E-state index in [2.05, 4.69) is 22.5 Å². The maximum Gasteiger partial charge on any atom is 0.254 e. The molecule has 1 amide bonds. The summed E-state index contributed by atoms with van der Waals surface area (Å²) >= 11 is 0. The van der Waals surface area contributed by atoms with Crippen molar-refractivity contribution in [3.8, 4) is 0 Å². The molecule has 0 aliphatic heterocycles. The van der Waals surface area contributed by atoms with Crippen LogP contribution in [0.1, 0.15) is 49.2 Å². The third-order valence-corrected chi connectivity index (χ3v) is 2.72. The van der Waals surface area contributed by atoms with E-state index in [-0.39, 0.29) is 5.91 Å². The van der Waals surface area contributed by atoms with Crippen LogP contribution in [-0.4, -0.2) is 24.0 Å². The van der Waals surface area contributed by atoms with Crippen molar-refractivity contribution in [2.45, 2.75) is 40.0 Å². The topological polar surface area (TPSA) is 54.0 Å². The standard InChI is InChI=1S/C14H23N3O/c1-4-6-7-8-16-14(18)12-10-17-11(3)9-13(12)15-5-2/h9-10H,4-8H2,1-3H3,(H,15,17)(H,16,18). The van der Waals surface area contributed by atoms with Gasteiger partial charge in [-0.3, -0.25) is 9.78 Å². The monoisotopic (exact) mass is 249 g/mol. The zero-order valence-corrected chi connectivity index (χ0v) is 11.5. The van der Waals surface area contributed by atoms with Crippen LogP contribution in [0.2, 0.25) is 0 Å². The first-order chi connectivity index (χ1) is 8.69. The van der Waals surface area contributed by atoms with Gasteiger partial charge in [-0.25, -0.2) is 0 Å². The van der Waals surface area contributed by atoms with Crippen LogP contribution in [0, 0.1) is 6.92 Å². The molecule has 0 atom stereocenters. The van der Waals surface area contributed by atoms with Gasteiger partial charge in [0.2, 0.25) is 0 Å². The number of anilines is 1. The van der Waals surface area contributed by atoms with Crippen LogP contribution >= 0.6 is 0 Å². The molecule has 1 rings (SSSR count). The average molecular weight is 249 g/mol. The van der Waals surface area contributed by atoms with E-state index in [1.807, 2.05) is 19.9 Å². The van der Waals surface area contributed by atoms with Gasteiger partial charge in [0.25, 0.3) is 5.91 Å². The predicted molar refractivity (Wildman–Crippen MR) is 75.0 cm³/mol. The second-order valence-electron chi connectivity index (χ2n) is 4.36. The summed E-state index contributed by atoms with van der Waals surface area (Å²) in [7, 11) is 0. The highest BCUT2D eigenvalue weighted by Crippen LogP contribution is 2.15. The van der Waals surface area contributed by atoms with Crippen molar-refractivity contribution >= 4 is 11.6 Å². The first-order valence-corrected chi connectivity index (χ1v) is 6.67. The second-order valence-corrected chi connectivity index (χ2v) is 4.36. The summed E-state index contributed by atoms with van der Waals surface area (Å²) in [5.41, 5.74) is 2.39. The lowest BCUT2D eigenvalue weighted by Crippen LogP contribution is -2.25. The molecule has 0 saturated carbocycles. The van der Waals surface area contributed by atoms with Crippen LogP contribution < -0.4 is 10.6 Å². The van der Waals surface area contributed by atoms with Gasteiger partial charge in [-0.1, -0.05) is 19.8 Å². The minimum atomic E-state index is -0.0467. The average Bonchev–Trinajstić information content (AvgIpc) is 2.35. The van der Waals surface area contributed by atoms with Crippen molar-refractivity contribution in [3.05, 3.63) is 23.5 Å². The number of aryl methyl sites for hydroxylation is 1. The van der Waals surface area contributed by atoms with Gasteiger partial charge in [-0.15, -0.1) is 0 Å². The van der Waals surface area contributed by atoms with E-state index in [1.54, 1.807) is 6.20 Å². The van der Waals surface area contributed by atoms with Gasteiger partial charge in [0.05, 0.1) is 11.3 Å². The van der Waals surface area contributed by atoms with Crippen molar-refractivity contribution in [3.63, 3.8) is 0 Å². The number of hydrogen-bond acceptors (Lipinski definition) is 3. The van der Waals surface area contributed by atoms with Crippen LogP contribution in [0.15, 0.2) is 12.3 Å². The molecule has 0 aromatic carbocycles. The third-order valence-electron chi connectivity index (χ3n) is 2.72. The van der Waals surface area contributed by atoms with Crippen LogP contribution in [0.4, 0.5) is 5.69 Å². The van der Waals surface area contributed by atoms with E-state index in [4.69, 9.17) is 0 Å². The van der Waals surface area contributed by atoms with Gasteiger partial charge in [-0.2, -0.15) is 0 Å². The zero-order chi connectivity index (χ0) is 13.4. The number of amides is 1. The number of carbonyl (C=O) groups is 1. The fourth-order valence-corrected chi connectivity index (χ4v) is 1.75. The van der Waals surface area contributed by atoms with Crippen molar-refractivity contribution < 1.29 is 4.79 Å². The molecule has 0 aliphatic rings. The molecular formula is C14H23N3O. The summed E-state index contributed by atoms with van der Waals surface area (Å²) in [6.07, 6.45) is 4.97. The van der Waals surface area contributed by atoms with E-state index in [9.17, 15) is 4.79 Å². The minimum absolute atomic E-state index is 0.0467.